The Labute approximate surface area is 76.7 Å². The van der Waals surface area contributed by atoms with Crippen LogP contribution in [0.15, 0.2) is 28.6 Å². The first-order valence-corrected chi connectivity index (χ1v) is 5.88. The Hall–Kier alpha value is -0.740. The number of benzene rings is 1. The Bertz CT molecular complexity index is 435. The standard InChI is InChI=1S/C8H7NOS2/c1-12(10)6-2-3-8-7(4-6)9-5-11-8/h2-5H,1H3. The summed E-state index contributed by atoms with van der Waals surface area (Å²) in [5.41, 5.74) is 2.74. The highest BCUT2D eigenvalue weighted by Gasteiger charge is 2.00. The Balaban J connectivity index is 2.68. The van der Waals surface area contributed by atoms with Crippen molar-refractivity contribution < 1.29 is 4.21 Å². The van der Waals surface area contributed by atoms with E-state index in [1.54, 1.807) is 23.1 Å². The Morgan fingerprint density at radius 2 is 2.33 bits per heavy atom. The Kier molecular flexibility index (Phi) is 1.94. The number of nitrogens with zero attached hydrogens (tertiary/aromatic N) is 1. The van der Waals surface area contributed by atoms with E-state index in [0.717, 1.165) is 15.1 Å². The van der Waals surface area contributed by atoms with Gasteiger partial charge in [-0.1, -0.05) is 0 Å². The second-order valence-corrected chi connectivity index (χ2v) is 4.70. The van der Waals surface area contributed by atoms with Gasteiger partial charge in [-0.05, 0) is 18.2 Å². The molecule has 62 valence electrons. The summed E-state index contributed by atoms with van der Waals surface area (Å²) in [6.45, 7) is 0. The van der Waals surface area contributed by atoms with E-state index in [1.807, 2.05) is 18.2 Å². The highest BCUT2D eigenvalue weighted by atomic mass is 32.2. The van der Waals surface area contributed by atoms with E-state index in [0.29, 0.717) is 0 Å². The van der Waals surface area contributed by atoms with Crippen LogP contribution in [0.25, 0.3) is 10.2 Å². The maximum atomic E-state index is 11.1. The normalized spacial score (nSPS) is 13.4. The van der Waals surface area contributed by atoms with Crippen LogP contribution in [0.4, 0.5) is 0 Å². The lowest BCUT2D eigenvalue weighted by atomic mass is 10.3. The SMILES string of the molecule is CS(=O)c1ccc2scnc2c1. The van der Waals surface area contributed by atoms with Gasteiger partial charge in [0.1, 0.15) is 0 Å². The van der Waals surface area contributed by atoms with Gasteiger partial charge in [0.25, 0.3) is 0 Å². The molecular weight excluding hydrogens is 190 g/mol. The summed E-state index contributed by atoms with van der Waals surface area (Å²) in [6.07, 6.45) is 1.67. The maximum absolute atomic E-state index is 11.1. The number of hydrogen-bond donors (Lipinski definition) is 0. The van der Waals surface area contributed by atoms with Crippen LogP contribution in [0.1, 0.15) is 0 Å². The summed E-state index contributed by atoms with van der Waals surface area (Å²) in [7, 11) is -0.904. The molecular formula is C8H7NOS2. The first-order chi connectivity index (χ1) is 5.77. The summed E-state index contributed by atoms with van der Waals surface area (Å²) in [5, 5.41) is 0. The minimum absolute atomic E-state index is 0.841. The molecule has 0 radical (unpaired) electrons. The van der Waals surface area contributed by atoms with E-state index in [1.165, 1.54) is 0 Å². The number of rotatable bonds is 1. The smallest absolute Gasteiger partial charge is 0.0824 e. The lowest BCUT2D eigenvalue weighted by Crippen LogP contribution is -1.85. The molecule has 0 aliphatic carbocycles. The second-order valence-electron chi connectivity index (χ2n) is 2.44. The van der Waals surface area contributed by atoms with Gasteiger partial charge in [-0.25, -0.2) is 4.98 Å². The third-order valence-electron chi connectivity index (χ3n) is 1.63. The third-order valence-corrected chi connectivity index (χ3v) is 3.36. The van der Waals surface area contributed by atoms with E-state index in [-0.39, 0.29) is 0 Å². The molecule has 0 amide bonds. The van der Waals surface area contributed by atoms with Crippen LogP contribution in [-0.2, 0) is 10.8 Å². The van der Waals surface area contributed by atoms with E-state index in [9.17, 15) is 4.21 Å². The minimum Gasteiger partial charge on any atom is -0.255 e. The zero-order valence-electron chi connectivity index (χ0n) is 6.48. The fraction of sp³-hybridized carbons (Fsp3) is 0.125. The molecule has 1 aromatic carbocycles. The van der Waals surface area contributed by atoms with Crippen molar-refractivity contribution in [2.24, 2.45) is 0 Å². The lowest BCUT2D eigenvalue weighted by molar-refractivity contribution is 0.687. The highest BCUT2D eigenvalue weighted by Crippen LogP contribution is 2.19. The summed E-state index contributed by atoms with van der Waals surface area (Å²) >= 11 is 1.60. The largest absolute Gasteiger partial charge is 0.255 e. The van der Waals surface area contributed by atoms with E-state index < -0.39 is 10.8 Å². The molecule has 0 saturated heterocycles. The summed E-state index contributed by atoms with van der Waals surface area (Å²) in [5.74, 6) is 0. The first kappa shape index (κ1) is 7.89. The molecule has 2 nitrogen and oxygen atoms in total. The predicted octanol–water partition coefficient (Wildman–Crippen LogP) is 2.03. The molecule has 0 saturated carbocycles. The predicted molar refractivity (Wildman–Crippen MR) is 52.0 cm³/mol. The van der Waals surface area contributed by atoms with Crippen LogP contribution in [0.5, 0.6) is 0 Å². The molecule has 0 aliphatic rings. The maximum Gasteiger partial charge on any atom is 0.0824 e. The van der Waals surface area contributed by atoms with Crippen molar-refractivity contribution in [3.8, 4) is 0 Å². The Morgan fingerprint density at radius 3 is 3.08 bits per heavy atom. The molecule has 0 bridgehead atoms. The van der Waals surface area contributed by atoms with Crippen LogP contribution >= 0.6 is 11.3 Å². The number of thiazole rings is 1. The van der Waals surface area contributed by atoms with Crippen molar-refractivity contribution in [1.82, 2.24) is 4.98 Å². The average molecular weight is 197 g/mol. The number of aromatic nitrogens is 1. The van der Waals surface area contributed by atoms with Crippen LogP contribution in [0.2, 0.25) is 0 Å². The third kappa shape index (κ3) is 1.28. The quantitative estimate of drug-likeness (QED) is 0.700. The minimum atomic E-state index is -0.904. The van der Waals surface area contributed by atoms with Crippen molar-refractivity contribution in [2.75, 3.05) is 6.26 Å². The number of hydrogen-bond acceptors (Lipinski definition) is 3. The molecule has 2 aromatic rings. The monoisotopic (exact) mass is 197 g/mol. The van der Waals surface area contributed by atoms with Crippen LogP contribution in [0.3, 0.4) is 0 Å². The summed E-state index contributed by atoms with van der Waals surface area (Å²) < 4.78 is 12.2. The summed E-state index contributed by atoms with van der Waals surface area (Å²) in [6, 6.07) is 5.72. The van der Waals surface area contributed by atoms with Crippen molar-refractivity contribution >= 4 is 32.4 Å². The zero-order valence-corrected chi connectivity index (χ0v) is 8.11. The number of fused-ring (bicyclic) bond motifs is 1. The molecule has 1 atom stereocenters. The van der Waals surface area contributed by atoms with Crippen molar-refractivity contribution in [2.45, 2.75) is 4.90 Å². The molecule has 4 heteroatoms. The molecule has 1 unspecified atom stereocenters. The van der Waals surface area contributed by atoms with Gasteiger partial charge < -0.3 is 0 Å². The molecule has 1 aromatic heterocycles. The van der Waals surface area contributed by atoms with Gasteiger partial charge in [0, 0.05) is 22.0 Å². The van der Waals surface area contributed by atoms with E-state index in [4.69, 9.17) is 0 Å². The van der Waals surface area contributed by atoms with Gasteiger partial charge in [-0.3, -0.25) is 4.21 Å². The topological polar surface area (TPSA) is 30.0 Å². The zero-order chi connectivity index (χ0) is 8.55. The van der Waals surface area contributed by atoms with Gasteiger partial charge in [0.15, 0.2) is 0 Å². The van der Waals surface area contributed by atoms with Crippen molar-refractivity contribution in [3.63, 3.8) is 0 Å². The molecule has 0 fully saturated rings. The molecule has 12 heavy (non-hydrogen) atoms. The van der Waals surface area contributed by atoms with E-state index >= 15 is 0 Å². The van der Waals surface area contributed by atoms with Gasteiger partial charge in [0.2, 0.25) is 0 Å². The fourth-order valence-corrected chi connectivity index (χ4v) is 2.21. The highest BCUT2D eigenvalue weighted by molar-refractivity contribution is 7.84. The first-order valence-electron chi connectivity index (χ1n) is 3.44. The van der Waals surface area contributed by atoms with Gasteiger partial charge in [-0.15, -0.1) is 11.3 Å². The van der Waals surface area contributed by atoms with Crippen molar-refractivity contribution in [3.05, 3.63) is 23.7 Å². The van der Waals surface area contributed by atoms with E-state index in [2.05, 4.69) is 4.98 Å². The van der Waals surface area contributed by atoms with Crippen molar-refractivity contribution in [1.29, 1.82) is 0 Å². The molecule has 0 spiro atoms. The van der Waals surface area contributed by atoms with Crippen LogP contribution in [0, 0.1) is 0 Å². The summed E-state index contributed by atoms with van der Waals surface area (Å²) in [4.78, 5) is 4.99. The van der Waals surface area contributed by atoms with Gasteiger partial charge in [-0.2, -0.15) is 0 Å². The van der Waals surface area contributed by atoms with Crippen LogP contribution < -0.4 is 0 Å². The molecule has 0 N–H and O–H groups in total. The lowest BCUT2D eigenvalue weighted by Gasteiger charge is -1.93. The Morgan fingerprint density at radius 1 is 1.50 bits per heavy atom. The van der Waals surface area contributed by atoms with Crippen LogP contribution in [-0.4, -0.2) is 15.4 Å². The van der Waals surface area contributed by atoms with Gasteiger partial charge >= 0.3 is 0 Å². The average Bonchev–Trinajstić information content (AvgIpc) is 2.49. The van der Waals surface area contributed by atoms with Gasteiger partial charge in [0.05, 0.1) is 15.7 Å². The molecule has 2 rings (SSSR count). The molecule has 1 heterocycles. The fourth-order valence-electron chi connectivity index (χ4n) is 1.02. The second kappa shape index (κ2) is 2.95. The molecule has 0 aliphatic heterocycles.